The fraction of sp³-hybridized carbons (Fsp3) is 0.500. The minimum absolute atomic E-state index is 0.241. The van der Waals surface area contributed by atoms with E-state index in [9.17, 15) is 0 Å². The average Bonchev–Trinajstić information content (AvgIpc) is 2.37. The fourth-order valence-corrected chi connectivity index (χ4v) is 5.14. The van der Waals surface area contributed by atoms with Crippen molar-refractivity contribution >= 4 is 73.5 Å². The summed E-state index contributed by atoms with van der Waals surface area (Å²) in [5, 5.41) is 0. The number of nitrogens with zero attached hydrogens (tertiary/aromatic N) is 1. The third-order valence-corrected chi connectivity index (χ3v) is 8.91. The zero-order chi connectivity index (χ0) is 12.2. The maximum Gasteiger partial charge on any atom is 0.0427 e. The lowest BCUT2D eigenvalue weighted by Crippen LogP contribution is -2.36. The highest BCUT2D eigenvalue weighted by molar-refractivity contribution is 14.1. The van der Waals surface area contributed by atoms with Crippen LogP contribution in [0.4, 0.5) is 5.69 Å². The predicted octanol–water partition coefficient (Wildman–Crippen LogP) is 4.62. The number of fused-ring (bicyclic) bond motifs is 1. The van der Waals surface area contributed by atoms with Crippen LogP contribution in [-0.4, -0.2) is 13.1 Å². The Morgan fingerprint density at radius 3 is 2.31 bits per heavy atom. The van der Waals surface area contributed by atoms with E-state index in [-0.39, 0.29) is 5.41 Å². The van der Waals surface area contributed by atoms with Crippen molar-refractivity contribution in [1.29, 1.82) is 0 Å². The largest absolute Gasteiger partial charge is 0.371 e. The molecule has 2 rings (SSSR count). The molecular formula is C12H14I3N. The second kappa shape index (κ2) is 4.40. The van der Waals surface area contributed by atoms with E-state index in [1.165, 1.54) is 22.0 Å². The van der Waals surface area contributed by atoms with Crippen LogP contribution >= 0.6 is 67.8 Å². The van der Waals surface area contributed by atoms with Crippen molar-refractivity contribution < 1.29 is 0 Å². The molecule has 0 amide bonds. The highest BCUT2D eigenvalue weighted by Gasteiger charge is 2.42. The summed E-state index contributed by atoms with van der Waals surface area (Å²) in [5.74, 6) is 0. The molecule has 1 aliphatic heterocycles. The first-order valence-corrected chi connectivity index (χ1v) is 8.43. The zero-order valence-corrected chi connectivity index (χ0v) is 16.2. The predicted molar refractivity (Wildman–Crippen MR) is 95.5 cm³/mol. The summed E-state index contributed by atoms with van der Waals surface area (Å²) in [4.78, 5) is 2.41. The van der Waals surface area contributed by atoms with Crippen LogP contribution in [0.3, 0.4) is 0 Å². The minimum atomic E-state index is 0.241. The molecular weight excluding hydrogens is 539 g/mol. The summed E-state index contributed by atoms with van der Waals surface area (Å²) in [6, 6.07) is 2.88. The maximum atomic E-state index is 2.50. The lowest BCUT2D eigenvalue weighted by Gasteiger charge is -2.28. The van der Waals surface area contributed by atoms with Crippen LogP contribution in [0.15, 0.2) is 6.07 Å². The van der Waals surface area contributed by atoms with E-state index in [1.54, 1.807) is 0 Å². The Bertz CT molecular complexity index is 454. The number of anilines is 1. The average molecular weight is 553 g/mol. The van der Waals surface area contributed by atoms with E-state index in [2.05, 4.69) is 107 Å². The molecule has 1 aromatic carbocycles. The van der Waals surface area contributed by atoms with Crippen LogP contribution in [0, 0.1) is 10.7 Å². The second-order valence-electron chi connectivity index (χ2n) is 4.89. The van der Waals surface area contributed by atoms with Crippen molar-refractivity contribution in [2.75, 3.05) is 11.9 Å². The van der Waals surface area contributed by atoms with Gasteiger partial charge in [-0.05, 0) is 86.3 Å². The van der Waals surface area contributed by atoms with Crippen molar-refractivity contribution in [3.63, 3.8) is 0 Å². The van der Waals surface area contributed by atoms with Gasteiger partial charge in [-0.15, -0.1) is 0 Å². The number of benzene rings is 1. The lowest BCUT2D eigenvalue weighted by molar-refractivity contribution is 0.452. The smallest absolute Gasteiger partial charge is 0.0427 e. The van der Waals surface area contributed by atoms with E-state index in [0.29, 0.717) is 6.04 Å². The van der Waals surface area contributed by atoms with Gasteiger partial charge in [0.1, 0.15) is 0 Å². The summed E-state index contributed by atoms with van der Waals surface area (Å²) in [5.41, 5.74) is 3.17. The molecule has 0 spiro atoms. The van der Waals surface area contributed by atoms with Crippen LogP contribution < -0.4 is 4.90 Å². The van der Waals surface area contributed by atoms with E-state index < -0.39 is 0 Å². The Hall–Kier alpha value is 1.21. The van der Waals surface area contributed by atoms with E-state index >= 15 is 0 Å². The van der Waals surface area contributed by atoms with Crippen LogP contribution in [0.5, 0.6) is 0 Å². The third-order valence-electron chi connectivity index (χ3n) is 3.79. The van der Waals surface area contributed by atoms with E-state index in [4.69, 9.17) is 0 Å². The topological polar surface area (TPSA) is 3.24 Å². The molecule has 88 valence electrons. The molecule has 0 saturated heterocycles. The van der Waals surface area contributed by atoms with Gasteiger partial charge in [0.25, 0.3) is 0 Å². The van der Waals surface area contributed by atoms with Crippen LogP contribution in [0.25, 0.3) is 0 Å². The van der Waals surface area contributed by atoms with Crippen molar-refractivity contribution in [1.82, 2.24) is 0 Å². The summed E-state index contributed by atoms with van der Waals surface area (Å²) in [6.07, 6.45) is 0. The first-order valence-electron chi connectivity index (χ1n) is 5.19. The van der Waals surface area contributed by atoms with E-state index in [0.717, 1.165) is 0 Å². The van der Waals surface area contributed by atoms with Gasteiger partial charge in [-0.25, -0.2) is 0 Å². The van der Waals surface area contributed by atoms with Crippen molar-refractivity contribution in [3.8, 4) is 0 Å². The van der Waals surface area contributed by atoms with Gasteiger partial charge in [-0.3, -0.25) is 0 Å². The molecule has 1 heterocycles. The summed E-state index contributed by atoms with van der Waals surface area (Å²) in [6.45, 7) is 7.02. The Morgan fingerprint density at radius 1 is 1.19 bits per heavy atom. The molecule has 1 aliphatic rings. The molecule has 16 heavy (non-hydrogen) atoms. The fourth-order valence-electron chi connectivity index (χ4n) is 2.38. The molecule has 0 aliphatic carbocycles. The van der Waals surface area contributed by atoms with Gasteiger partial charge < -0.3 is 4.90 Å². The highest BCUT2D eigenvalue weighted by atomic mass is 127. The molecule has 0 fully saturated rings. The van der Waals surface area contributed by atoms with Gasteiger partial charge in [0.05, 0.1) is 0 Å². The van der Waals surface area contributed by atoms with Crippen LogP contribution in [0.1, 0.15) is 26.3 Å². The van der Waals surface area contributed by atoms with Gasteiger partial charge in [-0.1, -0.05) is 13.8 Å². The summed E-state index contributed by atoms with van der Waals surface area (Å²) >= 11 is 7.40. The lowest BCUT2D eigenvalue weighted by atomic mass is 9.81. The molecule has 1 unspecified atom stereocenters. The zero-order valence-electron chi connectivity index (χ0n) is 9.74. The molecule has 0 radical (unpaired) electrons. The number of rotatable bonds is 0. The Labute approximate surface area is 138 Å². The third kappa shape index (κ3) is 1.81. The highest BCUT2D eigenvalue weighted by Crippen LogP contribution is 2.48. The van der Waals surface area contributed by atoms with Crippen molar-refractivity contribution in [2.24, 2.45) is 0 Å². The number of likely N-dealkylation sites (N-methyl/N-ethyl adjacent to an activating group) is 1. The SMILES string of the molecule is CC1N(C)c2cc(I)c(I)c(I)c2C1(C)C. The molecule has 4 heteroatoms. The normalized spacial score (nSPS) is 22.4. The molecule has 1 aromatic rings. The Kier molecular flexibility index (Phi) is 3.75. The summed E-state index contributed by atoms with van der Waals surface area (Å²) < 4.78 is 4.19. The molecule has 0 bridgehead atoms. The molecule has 0 saturated carbocycles. The first kappa shape index (κ1) is 13.6. The molecule has 1 atom stereocenters. The van der Waals surface area contributed by atoms with Crippen LogP contribution in [-0.2, 0) is 5.41 Å². The number of hydrogen-bond donors (Lipinski definition) is 0. The standard InChI is InChI=1S/C12H14I3N/c1-6-12(2,3)9-8(16(6)4)5-7(13)10(14)11(9)15/h5-6H,1-4H3. The maximum absolute atomic E-state index is 2.50. The first-order chi connectivity index (χ1) is 7.28. The Balaban J connectivity index is 2.78. The molecule has 0 N–H and O–H groups in total. The summed E-state index contributed by atoms with van der Waals surface area (Å²) in [7, 11) is 2.21. The number of hydrogen-bond acceptors (Lipinski definition) is 1. The Morgan fingerprint density at radius 2 is 1.75 bits per heavy atom. The van der Waals surface area contributed by atoms with Crippen LogP contribution in [0.2, 0.25) is 0 Å². The number of halogens is 3. The van der Waals surface area contributed by atoms with Gasteiger partial charge in [0.2, 0.25) is 0 Å². The second-order valence-corrected chi connectivity index (χ2v) is 8.21. The van der Waals surface area contributed by atoms with Crippen molar-refractivity contribution in [3.05, 3.63) is 22.3 Å². The monoisotopic (exact) mass is 553 g/mol. The van der Waals surface area contributed by atoms with Gasteiger partial charge >= 0.3 is 0 Å². The quantitative estimate of drug-likeness (QED) is 0.336. The van der Waals surface area contributed by atoms with Crippen molar-refractivity contribution in [2.45, 2.75) is 32.2 Å². The molecule has 0 aromatic heterocycles. The van der Waals surface area contributed by atoms with Gasteiger partial charge in [-0.2, -0.15) is 0 Å². The minimum Gasteiger partial charge on any atom is -0.371 e. The molecule has 1 nitrogen and oxygen atoms in total. The van der Waals surface area contributed by atoms with Gasteiger partial charge in [0, 0.05) is 34.9 Å². The van der Waals surface area contributed by atoms with Gasteiger partial charge in [0.15, 0.2) is 0 Å². The van der Waals surface area contributed by atoms with E-state index in [1.807, 2.05) is 0 Å².